The van der Waals surface area contributed by atoms with Crippen LogP contribution in [0.2, 0.25) is 0 Å². The highest BCUT2D eigenvalue weighted by atomic mass is 16.3. The Balaban J connectivity index is 2.19. The zero-order chi connectivity index (χ0) is 10.7. The smallest absolute Gasteiger partial charge is 0.163 e. The maximum atomic E-state index is 9.39. The number of aliphatic hydroxyl groups excluding tert-OH is 1. The molecule has 0 unspecified atom stereocenters. The van der Waals surface area contributed by atoms with Crippen molar-refractivity contribution in [2.24, 2.45) is 0 Å². The molecule has 1 aliphatic heterocycles. The largest absolute Gasteiger partial charge is 0.393 e. The Bertz CT molecular complexity index is 378. The van der Waals surface area contributed by atoms with E-state index in [1.54, 1.807) is 6.20 Å². The van der Waals surface area contributed by atoms with Crippen molar-refractivity contribution in [3.8, 4) is 6.07 Å². The molecular weight excluding hydrogens is 190 g/mol. The van der Waals surface area contributed by atoms with Crippen molar-refractivity contribution in [3.05, 3.63) is 24.0 Å². The first kappa shape index (κ1) is 9.94. The van der Waals surface area contributed by atoms with Gasteiger partial charge in [0.05, 0.1) is 11.8 Å². The molecule has 1 aliphatic rings. The van der Waals surface area contributed by atoms with Gasteiger partial charge in [-0.25, -0.2) is 4.98 Å². The predicted octanol–water partition coefficient (Wildman–Crippen LogP) is 0.914. The number of hydrogen-bond acceptors (Lipinski definition) is 4. The summed E-state index contributed by atoms with van der Waals surface area (Å²) in [7, 11) is 0. The first-order valence-electron chi connectivity index (χ1n) is 5.09. The number of hydrogen-bond donors (Lipinski definition) is 1. The Morgan fingerprint density at radius 2 is 2.20 bits per heavy atom. The highest BCUT2D eigenvalue weighted by molar-refractivity contribution is 5.55. The van der Waals surface area contributed by atoms with E-state index >= 15 is 0 Å². The molecule has 1 fully saturated rings. The first-order chi connectivity index (χ1) is 7.31. The fourth-order valence-electron chi connectivity index (χ4n) is 1.84. The van der Waals surface area contributed by atoms with Gasteiger partial charge in [-0.2, -0.15) is 5.26 Å². The van der Waals surface area contributed by atoms with E-state index in [2.05, 4.69) is 16.0 Å². The van der Waals surface area contributed by atoms with Gasteiger partial charge in [-0.3, -0.25) is 0 Å². The number of aromatic nitrogens is 1. The lowest BCUT2D eigenvalue weighted by molar-refractivity contribution is 0.145. The third-order valence-electron chi connectivity index (χ3n) is 2.70. The molecule has 0 radical (unpaired) electrons. The van der Waals surface area contributed by atoms with Crippen LogP contribution in [0.1, 0.15) is 18.5 Å². The fourth-order valence-corrected chi connectivity index (χ4v) is 1.84. The summed E-state index contributed by atoms with van der Waals surface area (Å²) in [5.41, 5.74) is 1.35. The molecule has 0 aromatic carbocycles. The van der Waals surface area contributed by atoms with Gasteiger partial charge < -0.3 is 10.0 Å². The maximum Gasteiger partial charge on any atom is 0.163 e. The molecule has 4 nitrogen and oxygen atoms in total. The maximum absolute atomic E-state index is 9.39. The van der Waals surface area contributed by atoms with Crippen LogP contribution >= 0.6 is 0 Å². The van der Waals surface area contributed by atoms with E-state index in [1.807, 2.05) is 12.1 Å². The van der Waals surface area contributed by atoms with Gasteiger partial charge in [0.1, 0.15) is 6.07 Å². The van der Waals surface area contributed by atoms with E-state index in [-0.39, 0.29) is 6.10 Å². The molecular formula is C11H13N3O. The topological polar surface area (TPSA) is 60.2 Å². The van der Waals surface area contributed by atoms with Crippen LogP contribution in [0, 0.1) is 11.3 Å². The first-order valence-corrected chi connectivity index (χ1v) is 5.09. The minimum Gasteiger partial charge on any atom is -0.393 e. The van der Waals surface area contributed by atoms with Crippen molar-refractivity contribution in [3.63, 3.8) is 0 Å². The van der Waals surface area contributed by atoms with Crippen LogP contribution in [-0.2, 0) is 0 Å². The fraction of sp³-hybridized carbons (Fsp3) is 0.455. The van der Waals surface area contributed by atoms with Gasteiger partial charge in [-0.15, -0.1) is 0 Å². The number of anilines is 1. The number of rotatable bonds is 1. The predicted molar refractivity (Wildman–Crippen MR) is 56.4 cm³/mol. The van der Waals surface area contributed by atoms with E-state index < -0.39 is 0 Å². The molecule has 0 saturated carbocycles. The molecule has 1 aromatic rings. The van der Waals surface area contributed by atoms with Gasteiger partial charge in [0.2, 0.25) is 0 Å². The van der Waals surface area contributed by atoms with Crippen LogP contribution in [0.4, 0.5) is 5.69 Å². The van der Waals surface area contributed by atoms with Gasteiger partial charge in [-0.1, -0.05) is 0 Å². The minimum absolute atomic E-state index is 0.191. The van der Waals surface area contributed by atoms with Gasteiger partial charge in [0.15, 0.2) is 5.69 Å². The summed E-state index contributed by atoms with van der Waals surface area (Å²) in [4.78, 5) is 6.14. The van der Waals surface area contributed by atoms with Crippen molar-refractivity contribution in [2.45, 2.75) is 18.9 Å². The number of nitriles is 1. The highest BCUT2D eigenvalue weighted by Crippen LogP contribution is 2.21. The summed E-state index contributed by atoms with van der Waals surface area (Å²) in [5.74, 6) is 0. The van der Waals surface area contributed by atoms with Gasteiger partial charge in [-0.05, 0) is 25.0 Å². The van der Waals surface area contributed by atoms with Crippen LogP contribution in [-0.4, -0.2) is 29.3 Å². The third kappa shape index (κ3) is 2.08. The molecule has 4 heteroatoms. The lowest BCUT2D eigenvalue weighted by Crippen LogP contribution is -2.36. The van der Waals surface area contributed by atoms with Gasteiger partial charge >= 0.3 is 0 Å². The van der Waals surface area contributed by atoms with Gasteiger partial charge in [0.25, 0.3) is 0 Å². The van der Waals surface area contributed by atoms with Crippen molar-refractivity contribution >= 4 is 5.69 Å². The van der Waals surface area contributed by atoms with Crippen molar-refractivity contribution in [2.75, 3.05) is 18.0 Å². The Morgan fingerprint density at radius 1 is 1.47 bits per heavy atom. The van der Waals surface area contributed by atoms with Crippen LogP contribution in [0.15, 0.2) is 18.3 Å². The van der Waals surface area contributed by atoms with Crippen molar-refractivity contribution < 1.29 is 5.11 Å². The molecule has 1 saturated heterocycles. The molecule has 0 aliphatic carbocycles. The Kier molecular flexibility index (Phi) is 2.84. The molecule has 2 rings (SSSR count). The molecule has 78 valence electrons. The zero-order valence-electron chi connectivity index (χ0n) is 8.43. The standard InChI is InChI=1S/C11H13N3O/c12-8-10-11(2-1-5-13-10)14-6-3-9(15)4-7-14/h1-2,5,9,15H,3-4,6-7H2. The Morgan fingerprint density at radius 3 is 2.87 bits per heavy atom. The van der Waals surface area contributed by atoms with E-state index in [1.165, 1.54) is 0 Å². The average molecular weight is 203 g/mol. The normalized spacial score (nSPS) is 17.5. The summed E-state index contributed by atoms with van der Waals surface area (Å²) in [5, 5.41) is 18.3. The minimum atomic E-state index is -0.191. The van der Waals surface area contributed by atoms with Crippen LogP contribution in [0.3, 0.4) is 0 Å². The molecule has 0 spiro atoms. The van der Waals surface area contributed by atoms with E-state index in [0.717, 1.165) is 31.6 Å². The van der Waals surface area contributed by atoms with E-state index in [9.17, 15) is 5.11 Å². The number of nitrogens with zero attached hydrogens (tertiary/aromatic N) is 3. The van der Waals surface area contributed by atoms with Crippen LogP contribution in [0.5, 0.6) is 0 Å². The summed E-state index contributed by atoms with van der Waals surface area (Å²) >= 11 is 0. The van der Waals surface area contributed by atoms with Crippen molar-refractivity contribution in [1.82, 2.24) is 4.98 Å². The summed E-state index contributed by atoms with van der Waals surface area (Å²) < 4.78 is 0. The highest BCUT2D eigenvalue weighted by Gasteiger charge is 2.19. The lowest BCUT2D eigenvalue weighted by atomic mass is 10.1. The van der Waals surface area contributed by atoms with E-state index in [4.69, 9.17) is 5.26 Å². The summed E-state index contributed by atoms with van der Waals surface area (Å²) in [6.07, 6.45) is 2.96. The Labute approximate surface area is 88.8 Å². The lowest BCUT2D eigenvalue weighted by Gasteiger charge is -2.31. The number of pyridine rings is 1. The monoisotopic (exact) mass is 203 g/mol. The molecule has 0 bridgehead atoms. The molecule has 2 heterocycles. The quantitative estimate of drug-likeness (QED) is 0.737. The average Bonchev–Trinajstić information content (AvgIpc) is 2.30. The SMILES string of the molecule is N#Cc1ncccc1N1CCC(O)CC1. The van der Waals surface area contributed by atoms with Gasteiger partial charge in [0, 0.05) is 19.3 Å². The van der Waals surface area contributed by atoms with Crippen LogP contribution in [0.25, 0.3) is 0 Å². The molecule has 0 atom stereocenters. The number of piperidine rings is 1. The second-order valence-electron chi connectivity index (χ2n) is 3.70. The second-order valence-corrected chi connectivity index (χ2v) is 3.70. The van der Waals surface area contributed by atoms with Crippen LogP contribution < -0.4 is 4.90 Å². The molecule has 15 heavy (non-hydrogen) atoms. The molecule has 1 N–H and O–H groups in total. The summed E-state index contributed by atoms with van der Waals surface area (Å²) in [6, 6.07) is 5.83. The zero-order valence-corrected chi connectivity index (χ0v) is 8.43. The summed E-state index contributed by atoms with van der Waals surface area (Å²) in [6.45, 7) is 1.59. The third-order valence-corrected chi connectivity index (χ3v) is 2.70. The second kappa shape index (κ2) is 4.28. The number of aliphatic hydroxyl groups is 1. The van der Waals surface area contributed by atoms with Crippen molar-refractivity contribution in [1.29, 1.82) is 5.26 Å². The van der Waals surface area contributed by atoms with E-state index in [0.29, 0.717) is 5.69 Å². The molecule has 1 aromatic heterocycles. The Hall–Kier alpha value is -1.60. The molecule has 0 amide bonds.